The molecule has 122 valence electrons. The van der Waals surface area contributed by atoms with Gasteiger partial charge < -0.3 is 22.6 Å². The highest BCUT2D eigenvalue weighted by molar-refractivity contribution is 5.88. The van der Waals surface area contributed by atoms with E-state index in [4.69, 9.17) is 10.2 Å². The number of halogens is 1. The van der Waals surface area contributed by atoms with Gasteiger partial charge in [0.2, 0.25) is 0 Å². The minimum absolute atomic E-state index is 0. The highest BCUT2D eigenvalue weighted by Crippen LogP contribution is 2.10. The van der Waals surface area contributed by atoms with Crippen LogP contribution in [0.4, 0.5) is 0 Å². The Labute approximate surface area is 143 Å². The van der Waals surface area contributed by atoms with Gasteiger partial charge in [0.25, 0.3) is 6.33 Å². The van der Waals surface area contributed by atoms with Gasteiger partial charge in [-0.25, -0.2) is 18.7 Å². The molecule has 0 unspecified atom stereocenters. The largest absolute Gasteiger partial charge is 1.00 e. The van der Waals surface area contributed by atoms with Crippen molar-refractivity contribution in [1.29, 1.82) is 0 Å². The number of rotatable bonds is 4. The predicted octanol–water partition coefficient (Wildman–Crippen LogP) is -0.846. The van der Waals surface area contributed by atoms with E-state index in [2.05, 4.69) is 0 Å². The van der Waals surface area contributed by atoms with Crippen LogP contribution in [-0.2, 0) is 0 Å². The molecule has 0 saturated heterocycles. The van der Waals surface area contributed by atoms with Crippen LogP contribution in [-0.4, -0.2) is 26.7 Å². The molecule has 0 spiro atoms. The normalized spacial score (nSPS) is 10.0. The maximum absolute atomic E-state index is 10.9. The number of aromatic nitrogens is 2. The summed E-state index contributed by atoms with van der Waals surface area (Å²) in [6.45, 7) is 0. The van der Waals surface area contributed by atoms with E-state index >= 15 is 0 Å². The summed E-state index contributed by atoms with van der Waals surface area (Å²) in [6, 6.07) is 13.1. The van der Waals surface area contributed by atoms with Crippen molar-refractivity contribution in [3.63, 3.8) is 0 Å². The predicted molar refractivity (Wildman–Crippen MR) is 81.2 cm³/mol. The van der Waals surface area contributed by atoms with E-state index in [9.17, 15) is 9.59 Å². The van der Waals surface area contributed by atoms with Crippen molar-refractivity contribution in [2.75, 3.05) is 0 Å². The van der Waals surface area contributed by atoms with Crippen LogP contribution >= 0.6 is 0 Å². The zero-order chi connectivity index (χ0) is 16.4. The van der Waals surface area contributed by atoms with E-state index in [1.807, 2.05) is 27.9 Å². The SMILES string of the molecule is O=C(O)c1ccc(-n2cc[n+](-c3ccc(C(=O)O)cc3)c2)cc1.[Cl-]. The molecule has 2 N–H and O–H groups in total. The molecular weight excluding hydrogens is 332 g/mol. The molecule has 0 aliphatic carbocycles. The van der Waals surface area contributed by atoms with Crippen LogP contribution in [0.15, 0.2) is 67.3 Å². The minimum atomic E-state index is -0.961. The first-order chi connectivity index (χ1) is 11.0. The van der Waals surface area contributed by atoms with Crippen LogP contribution < -0.4 is 17.0 Å². The molecule has 6 nitrogen and oxygen atoms in total. The van der Waals surface area contributed by atoms with E-state index in [-0.39, 0.29) is 23.5 Å². The van der Waals surface area contributed by atoms with E-state index in [0.717, 1.165) is 11.4 Å². The fourth-order valence-electron chi connectivity index (χ4n) is 2.21. The highest BCUT2D eigenvalue weighted by Gasteiger charge is 2.11. The average molecular weight is 345 g/mol. The number of carboxylic acids is 2. The number of aromatic carboxylic acids is 2. The summed E-state index contributed by atoms with van der Waals surface area (Å²) in [5.41, 5.74) is 2.13. The molecule has 1 heterocycles. The number of hydrogen-bond donors (Lipinski definition) is 2. The minimum Gasteiger partial charge on any atom is -1.00 e. The molecule has 0 amide bonds. The van der Waals surface area contributed by atoms with E-state index in [0.29, 0.717) is 0 Å². The van der Waals surface area contributed by atoms with Gasteiger partial charge in [-0.05, 0) is 48.5 Å². The quantitative estimate of drug-likeness (QED) is 0.604. The Hall–Kier alpha value is -3.12. The molecule has 2 aromatic carbocycles. The first kappa shape index (κ1) is 17.2. The van der Waals surface area contributed by atoms with Gasteiger partial charge in [0.1, 0.15) is 23.8 Å². The average Bonchev–Trinajstić information content (AvgIpc) is 3.05. The van der Waals surface area contributed by atoms with Crippen LogP contribution in [0.5, 0.6) is 0 Å². The van der Waals surface area contributed by atoms with Crippen LogP contribution in [0.1, 0.15) is 20.7 Å². The van der Waals surface area contributed by atoms with Crippen molar-refractivity contribution in [3.8, 4) is 11.4 Å². The molecule has 24 heavy (non-hydrogen) atoms. The molecule has 3 rings (SSSR count). The van der Waals surface area contributed by atoms with Crippen LogP contribution in [0, 0.1) is 0 Å². The fourth-order valence-corrected chi connectivity index (χ4v) is 2.21. The Balaban J connectivity index is 0.00000208. The summed E-state index contributed by atoms with van der Waals surface area (Å²) in [5.74, 6) is -1.92. The third kappa shape index (κ3) is 3.44. The molecule has 0 bridgehead atoms. The lowest BCUT2D eigenvalue weighted by atomic mass is 10.2. The maximum Gasteiger partial charge on any atom is 0.335 e. The summed E-state index contributed by atoms with van der Waals surface area (Å²) < 4.78 is 3.69. The van der Waals surface area contributed by atoms with E-state index in [1.54, 1.807) is 48.5 Å². The summed E-state index contributed by atoms with van der Waals surface area (Å²) in [4.78, 5) is 21.7. The van der Waals surface area contributed by atoms with Gasteiger partial charge in [0, 0.05) is 0 Å². The van der Waals surface area contributed by atoms with Gasteiger partial charge in [0.15, 0.2) is 0 Å². The number of nitrogens with zero attached hydrogens (tertiary/aromatic N) is 2. The Morgan fingerprint density at radius 1 is 0.833 bits per heavy atom. The van der Waals surface area contributed by atoms with Crippen molar-refractivity contribution >= 4 is 11.9 Å². The molecule has 3 aromatic rings. The molecule has 0 aliphatic heterocycles. The molecule has 0 atom stereocenters. The summed E-state index contributed by atoms with van der Waals surface area (Å²) >= 11 is 0. The van der Waals surface area contributed by atoms with Gasteiger partial charge in [-0.3, -0.25) is 0 Å². The van der Waals surface area contributed by atoms with Gasteiger partial charge in [-0.15, -0.1) is 0 Å². The summed E-state index contributed by atoms with van der Waals surface area (Å²) in [7, 11) is 0. The van der Waals surface area contributed by atoms with E-state index < -0.39 is 11.9 Å². The second-order valence-corrected chi connectivity index (χ2v) is 4.93. The molecule has 0 fully saturated rings. The lowest BCUT2D eigenvalue weighted by Gasteiger charge is -1.98. The summed E-state index contributed by atoms with van der Waals surface area (Å²) in [6.07, 6.45) is 5.49. The van der Waals surface area contributed by atoms with Crippen molar-refractivity contribution in [3.05, 3.63) is 78.4 Å². The summed E-state index contributed by atoms with van der Waals surface area (Å²) in [5, 5.41) is 17.8. The maximum atomic E-state index is 10.9. The highest BCUT2D eigenvalue weighted by atomic mass is 35.5. The van der Waals surface area contributed by atoms with Gasteiger partial charge in [-0.1, -0.05) is 0 Å². The monoisotopic (exact) mass is 344 g/mol. The van der Waals surface area contributed by atoms with Crippen molar-refractivity contribution in [2.45, 2.75) is 0 Å². The molecule has 1 aromatic heterocycles. The number of benzene rings is 2. The molecule has 0 aliphatic rings. The Morgan fingerprint density at radius 3 is 1.83 bits per heavy atom. The smallest absolute Gasteiger partial charge is 0.335 e. The first-order valence-corrected chi connectivity index (χ1v) is 6.81. The zero-order valence-corrected chi connectivity index (χ0v) is 13.1. The van der Waals surface area contributed by atoms with Crippen LogP contribution in [0.2, 0.25) is 0 Å². The second-order valence-electron chi connectivity index (χ2n) is 4.93. The number of carboxylic acid groups (broad SMARTS) is 2. The van der Waals surface area contributed by atoms with Crippen LogP contribution in [0.3, 0.4) is 0 Å². The number of carbonyl (C=O) groups is 2. The van der Waals surface area contributed by atoms with Gasteiger partial charge in [0.05, 0.1) is 11.1 Å². The van der Waals surface area contributed by atoms with E-state index in [1.165, 1.54) is 0 Å². The Morgan fingerprint density at radius 2 is 1.33 bits per heavy atom. The number of imidazole rings is 1. The van der Waals surface area contributed by atoms with Gasteiger partial charge in [-0.2, -0.15) is 0 Å². The topological polar surface area (TPSA) is 83.4 Å². The lowest BCUT2D eigenvalue weighted by molar-refractivity contribution is -0.594. The lowest BCUT2D eigenvalue weighted by Crippen LogP contribution is -3.00. The Kier molecular flexibility index (Phi) is 5.01. The number of hydrogen-bond acceptors (Lipinski definition) is 2. The Bertz CT molecular complexity index is 798. The van der Waals surface area contributed by atoms with Crippen molar-refractivity contribution in [2.24, 2.45) is 0 Å². The fraction of sp³-hybridized carbons (Fsp3) is 0. The molecule has 7 heteroatoms. The van der Waals surface area contributed by atoms with Crippen LogP contribution in [0.25, 0.3) is 11.4 Å². The molecular formula is C17H13ClN2O4. The standard InChI is InChI=1S/C17H12N2O4.ClH/c20-16(21)12-1-5-14(6-2-12)18-9-10-19(11-18)15-7-3-13(4-8-15)17(22)23;/h1-11H,(H-,20,21,22,23);1H. The molecule has 0 radical (unpaired) electrons. The van der Waals surface area contributed by atoms with Crippen molar-refractivity contribution in [1.82, 2.24) is 4.57 Å². The van der Waals surface area contributed by atoms with Crippen molar-refractivity contribution < 1.29 is 36.8 Å². The first-order valence-electron chi connectivity index (χ1n) is 6.81. The third-order valence-corrected chi connectivity index (χ3v) is 3.46. The third-order valence-electron chi connectivity index (χ3n) is 3.46. The molecule has 0 saturated carbocycles. The second kappa shape index (κ2) is 6.97. The zero-order valence-electron chi connectivity index (χ0n) is 12.3. The van der Waals surface area contributed by atoms with Gasteiger partial charge >= 0.3 is 11.9 Å².